The molecule has 1 aliphatic carbocycles. The minimum atomic E-state index is 0.00984. The van der Waals surface area contributed by atoms with Crippen molar-refractivity contribution < 1.29 is 4.79 Å². The average Bonchev–Trinajstić information content (AvgIpc) is 2.12. The zero-order valence-corrected chi connectivity index (χ0v) is 12.2. The van der Waals surface area contributed by atoms with Gasteiger partial charge in [0.05, 0.1) is 0 Å². The molecule has 1 unspecified atom stereocenters. The molecule has 0 saturated heterocycles. The predicted octanol–water partition coefficient (Wildman–Crippen LogP) is 4.63. The van der Waals surface area contributed by atoms with Gasteiger partial charge in [-0.15, -0.1) is 0 Å². The van der Waals surface area contributed by atoms with E-state index in [9.17, 15) is 4.79 Å². The van der Waals surface area contributed by atoms with Gasteiger partial charge in [0.25, 0.3) is 0 Å². The van der Waals surface area contributed by atoms with Crippen LogP contribution in [-0.2, 0) is 4.79 Å². The van der Waals surface area contributed by atoms with Gasteiger partial charge in [0, 0.05) is 12.3 Å². The Labute approximate surface area is 111 Å². The van der Waals surface area contributed by atoms with E-state index in [1.165, 1.54) is 5.57 Å². The van der Waals surface area contributed by atoms with Crippen LogP contribution in [0.1, 0.15) is 41.0 Å². The Hall–Kier alpha value is -1.37. The summed E-state index contributed by atoms with van der Waals surface area (Å²) in [4.78, 5) is 11.6. The maximum absolute atomic E-state index is 11.6. The van der Waals surface area contributed by atoms with Crippen molar-refractivity contribution in [1.82, 2.24) is 0 Å². The van der Waals surface area contributed by atoms with Gasteiger partial charge >= 0.3 is 0 Å². The van der Waals surface area contributed by atoms with E-state index in [4.69, 9.17) is 0 Å². The number of carbonyl (C=O) groups is 1. The molecule has 1 nitrogen and oxygen atoms in total. The summed E-state index contributed by atoms with van der Waals surface area (Å²) in [6.45, 7) is 14.3. The van der Waals surface area contributed by atoms with E-state index >= 15 is 0 Å². The minimum Gasteiger partial charge on any atom is -0.295 e. The van der Waals surface area contributed by atoms with E-state index in [2.05, 4.69) is 45.6 Å². The van der Waals surface area contributed by atoms with Crippen molar-refractivity contribution in [3.05, 3.63) is 47.6 Å². The van der Waals surface area contributed by atoms with E-state index < -0.39 is 0 Å². The molecule has 0 aromatic heterocycles. The number of ketones is 1. The molecule has 1 heteroatoms. The van der Waals surface area contributed by atoms with Crippen molar-refractivity contribution in [2.45, 2.75) is 41.0 Å². The Kier molecular flexibility index (Phi) is 4.50. The Morgan fingerprint density at radius 2 is 2.06 bits per heavy atom. The predicted molar refractivity (Wildman–Crippen MR) is 78.4 cm³/mol. The zero-order chi connectivity index (χ0) is 13.9. The highest BCUT2D eigenvalue weighted by molar-refractivity contribution is 5.92. The van der Waals surface area contributed by atoms with Crippen molar-refractivity contribution >= 4 is 5.78 Å². The first kappa shape index (κ1) is 14.7. The lowest BCUT2D eigenvalue weighted by atomic mass is 9.68. The van der Waals surface area contributed by atoms with E-state index in [1.807, 2.05) is 13.8 Å². The fraction of sp³-hybridized carbons (Fsp3) is 0.471. The quantitative estimate of drug-likeness (QED) is 0.662. The molecule has 0 aromatic carbocycles. The second-order valence-electron chi connectivity index (χ2n) is 6.09. The van der Waals surface area contributed by atoms with E-state index in [-0.39, 0.29) is 11.2 Å². The van der Waals surface area contributed by atoms with Crippen LogP contribution in [0.15, 0.2) is 47.6 Å². The van der Waals surface area contributed by atoms with Crippen LogP contribution in [0.4, 0.5) is 0 Å². The number of carbonyl (C=O) groups excluding carboxylic acids is 1. The smallest absolute Gasteiger partial charge is 0.156 e. The van der Waals surface area contributed by atoms with Gasteiger partial charge in [0.15, 0.2) is 5.78 Å². The fourth-order valence-corrected chi connectivity index (χ4v) is 2.67. The molecule has 0 heterocycles. The molecule has 1 atom stereocenters. The van der Waals surface area contributed by atoms with Crippen LogP contribution in [0.5, 0.6) is 0 Å². The van der Waals surface area contributed by atoms with Crippen molar-refractivity contribution in [3.63, 3.8) is 0 Å². The summed E-state index contributed by atoms with van der Waals surface area (Å²) in [6.07, 6.45) is 8.83. The van der Waals surface area contributed by atoms with E-state index in [0.717, 1.165) is 11.1 Å². The van der Waals surface area contributed by atoms with Crippen LogP contribution < -0.4 is 0 Å². The first-order valence-corrected chi connectivity index (χ1v) is 6.45. The molecule has 0 radical (unpaired) electrons. The third kappa shape index (κ3) is 3.83. The Morgan fingerprint density at radius 1 is 1.44 bits per heavy atom. The first-order chi connectivity index (χ1) is 8.22. The Bertz CT molecular complexity index is 444. The fourth-order valence-electron chi connectivity index (χ4n) is 2.67. The topological polar surface area (TPSA) is 17.1 Å². The molecular formula is C17H24O. The van der Waals surface area contributed by atoms with Crippen LogP contribution in [0.2, 0.25) is 0 Å². The van der Waals surface area contributed by atoms with Gasteiger partial charge in [-0.25, -0.2) is 0 Å². The van der Waals surface area contributed by atoms with Crippen LogP contribution >= 0.6 is 0 Å². The molecule has 0 aromatic rings. The summed E-state index contributed by atoms with van der Waals surface area (Å²) in [7, 11) is 0. The van der Waals surface area contributed by atoms with Crippen molar-refractivity contribution in [3.8, 4) is 0 Å². The van der Waals surface area contributed by atoms with Gasteiger partial charge in [-0.1, -0.05) is 55.4 Å². The molecule has 0 fully saturated rings. The van der Waals surface area contributed by atoms with Gasteiger partial charge in [-0.05, 0) is 32.3 Å². The highest BCUT2D eigenvalue weighted by Crippen LogP contribution is 2.40. The van der Waals surface area contributed by atoms with Gasteiger partial charge in [0.2, 0.25) is 0 Å². The van der Waals surface area contributed by atoms with Gasteiger partial charge in [-0.2, -0.15) is 0 Å². The lowest BCUT2D eigenvalue weighted by molar-refractivity contribution is -0.117. The second-order valence-corrected chi connectivity index (χ2v) is 6.09. The van der Waals surface area contributed by atoms with Gasteiger partial charge in [-0.3, -0.25) is 4.79 Å². The zero-order valence-electron chi connectivity index (χ0n) is 12.2. The molecule has 18 heavy (non-hydrogen) atoms. The molecule has 0 N–H and O–H groups in total. The molecule has 0 saturated carbocycles. The summed E-state index contributed by atoms with van der Waals surface area (Å²) in [5.41, 5.74) is 3.43. The highest BCUT2D eigenvalue weighted by Gasteiger charge is 2.34. The largest absolute Gasteiger partial charge is 0.295 e. The molecule has 1 aliphatic rings. The Balaban J connectivity index is 2.95. The molecule has 0 amide bonds. The first-order valence-electron chi connectivity index (χ1n) is 6.45. The highest BCUT2D eigenvalue weighted by atomic mass is 16.1. The van der Waals surface area contributed by atoms with Crippen LogP contribution in [0.25, 0.3) is 0 Å². The van der Waals surface area contributed by atoms with Crippen molar-refractivity contribution in [2.75, 3.05) is 0 Å². The molecule has 0 spiro atoms. The number of rotatable bonds is 3. The van der Waals surface area contributed by atoms with Gasteiger partial charge in [0.1, 0.15) is 0 Å². The van der Waals surface area contributed by atoms with E-state index in [0.29, 0.717) is 12.3 Å². The number of allylic oxidation sites excluding steroid dienone is 7. The molecule has 98 valence electrons. The minimum absolute atomic E-state index is 0.00984. The molecular weight excluding hydrogens is 220 g/mol. The summed E-state index contributed by atoms with van der Waals surface area (Å²) < 4.78 is 0. The number of hydrogen-bond acceptors (Lipinski definition) is 1. The molecule has 0 bridgehead atoms. The van der Waals surface area contributed by atoms with E-state index in [1.54, 1.807) is 6.08 Å². The third-order valence-electron chi connectivity index (χ3n) is 3.38. The molecule has 1 rings (SSSR count). The maximum atomic E-state index is 11.6. The molecule has 0 aliphatic heterocycles. The number of hydrogen-bond donors (Lipinski definition) is 0. The lowest BCUT2D eigenvalue weighted by Crippen LogP contribution is -2.30. The summed E-state index contributed by atoms with van der Waals surface area (Å²) in [5, 5.41) is 0. The average molecular weight is 244 g/mol. The van der Waals surface area contributed by atoms with Crippen molar-refractivity contribution in [2.24, 2.45) is 11.3 Å². The third-order valence-corrected chi connectivity index (χ3v) is 3.38. The van der Waals surface area contributed by atoms with Crippen LogP contribution in [-0.4, -0.2) is 5.78 Å². The van der Waals surface area contributed by atoms with Gasteiger partial charge < -0.3 is 0 Å². The Morgan fingerprint density at radius 3 is 2.56 bits per heavy atom. The summed E-state index contributed by atoms with van der Waals surface area (Å²) in [6, 6.07) is 0. The monoisotopic (exact) mass is 244 g/mol. The second kappa shape index (κ2) is 5.51. The van der Waals surface area contributed by atoms with Crippen LogP contribution in [0, 0.1) is 11.3 Å². The standard InChI is InChI=1S/C17H24O/c1-12(2)9-13(3)7-8-16-14(4)10-15(18)11-17(16,5)6/h7-10,16H,1,11H2,2-6H3/b8-7+,13-9+. The summed E-state index contributed by atoms with van der Waals surface area (Å²) >= 11 is 0. The summed E-state index contributed by atoms with van der Waals surface area (Å²) in [5.74, 6) is 0.583. The van der Waals surface area contributed by atoms with Crippen molar-refractivity contribution in [1.29, 1.82) is 0 Å². The maximum Gasteiger partial charge on any atom is 0.156 e. The normalized spacial score (nSPS) is 24.3. The lowest BCUT2D eigenvalue weighted by Gasteiger charge is -2.35. The van der Waals surface area contributed by atoms with Crippen LogP contribution in [0.3, 0.4) is 0 Å². The SMILES string of the molecule is C=C(C)/C=C(C)/C=C/C1C(C)=CC(=O)CC1(C)C.